The van der Waals surface area contributed by atoms with Gasteiger partial charge in [-0.15, -0.1) is 0 Å². The number of aromatic nitrogens is 2. The van der Waals surface area contributed by atoms with E-state index >= 15 is 0 Å². The third kappa shape index (κ3) is 4.95. The summed E-state index contributed by atoms with van der Waals surface area (Å²) in [6.45, 7) is 1.13. The second kappa shape index (κ2) is 7.43. The molecule has 4 nitrogen and oxygen atoms in total. The van der Waals surface area contributed by atoms with Crippen LogP contribution >= 0.6 is 11.6 Å². The van der Waals surface area contributed by atoms with Crippen molar-refractivity contribution in [3.8, 4) is 0 Å². The van der Waals surface area contributed by atoms with E-state index in [4.69, 9.17) is 16.7 Å². The third-order valence-electron chi connectivity index (χ3n) is 2.04. The van der Waals surface area contributed by atoms with Gasteiger partial charge in [0.05, 0.1) is 6.20 Å². The number of aliphatic hydroxyl groups is 1. The minimum Gasteiger partial charge on any atom is -0.396 e. The lowest BCUT2D eigenvalue weighted by molar-refractivity contribution is 0.283. The van der Waals surface area contributed by atoms with Gasteiger partial charge in [-0.05, 0) is 12.8 Å². The second-order valence-corrected chi connectivity index (χ2v) is 3.69. The van der Waals surface area contributed by atoms with E-state index in [0.29, 0.717) is 10.8 Å². The average Bonchev–Trinajstić information content (AvgIpc) is 2.25. The molecular weight excluding hydrogens is 214 g/mol. The van der Waals surface area contributed by atoms with Gasteiger partial charge >= 0.3 is 0 Å². The lowest BCUT2D eigenvalue weighted by Gasteiger charge is -2.05. The summed E-state index contributed by atoms with van der Waals surface area (Å²) in [6.07, 6.45) is 7.16. The number of hydrogen-bond donors (Lipinski definition) is 2. The van der Waals surface area contributed by atoms with E-state index in [-0.39, 0.29) is 6.61 Å². The molecule has 0 bridgehead atoms. The van der Waals surface area contributed by atoms with Crippen LogP contribution in [0.4, 0.5) is 5.82 Å². The molecule has 1 rings (SSSR count). The van der Waals surface area contributed by atoms with E-state index in [0.717, 1.165) is 32.2 Å². The van der Waals surface area contributed by atoms with Crippen molar-refractivity contribution in [3.05, 3.63) is 17.5 Å². The van der Waals surface area contributed by atoms with Gasteiger partial charge in [-0.25, -0.2) is 9.97 Å². The number of aliphatic hydroxyl groups excluding tert-OH is 1. The highest BCUT2D eigenvalue weighted by Crippen LogP contribution is 2.15. The first-order valence-corrected chi connectivity index (χ1v) is 5.52. The summed E-state index contributed by atoms with van der Waals surface area (Å²) in [5, 5.41) is 12.3. The lowest BCUT2D eigenvalue weighted by atomic mass is 10.2. The summed E-state index contributed by atoms with van der Waals surface area (Å²) in [4.78, 5) is 7.82. The van der Waals surface area contributed by atoms with Crippen LogP contribution in [-0.4, -0.2) is 28.2 Å². The minimum atomic E-state index is 0.283. The van der Waals surface area contributed by atoms with Crippen LogP contribution in [0.15, 0.2) is 12.5 Å². The van der Waals surface area contributed by atoms with Crippen molar-refractivity contribution in [2.75, 3.05) is 18.5 Å². The third-order valence-corrected chi connectivity index (χ3v) is 2.32. The van der Waals surface area contributed by atoms with Crippen LogP contribution in [0.3, 0.4) is 0 Å². The summed E-state index contributed by atoms with van der Waals surface area (Å²) < 4.78 is 0. The van der Waals surface area contributed by atoms with E-state index in [1.54, 1.807) is 6.20 Å². The van der Waals surface area contributed by atoms with E-state index in [9.17, 15) is 0 Å². The van der Waals surface area contributed by atoms with Crippen molar-refractivity contribution in [1.82, 2.24) is 9.97 Å². The average molecular weight is 230 g/mol. The molecule has 0 saturated carbocycles. The first-order chi connectivity index (χ1) is 7.34. The smallest absolute Gasteiger partial charge is 0.148 e. The molecule has 0 unspecified atom stereocenters. The Balaban J connectivity index is 2.12. The fourth-order valence-corrected chi connectivity index (χ4v) is 1.41. The fourth-order valence-electron chi connectivity index (χ4n) is 1.24. The topological polar surface area (TPSA) is 58.0 Å². The monoisotopic (exact) mass is 229 g/mol. The first-order valence-electron chi connectivity index (χ1n) is 5.15. The predicted octanol–water partition coefficient (Wildman–Crippen LogP) is 2.09. The van der Waals surface area contributed by atoms with Gasteiger partial charge in [0, 0.05) is 13.2 Å². The number of anilines is 1. The summed E-state index contributed by atoms with van der Waals surface area (Å²) >= 11 is 5.87. The summed E-state index contributed by atoms with van der Waals surface area (Å²) in [5.74, 6) is 0.689. The molecule has 0 aliphatic carbocycles. The molecule has 0 fully saturated rings. The van der Waals surface area contributed by atoms with Gasteiger partial charge in [0.25, 0.3) is 0 Å². The Morgan fingerprint density at radius 2 is 2.07 bits per heavy atom. The van der Waals surface area contributed by atoms with Gasteiger partial charge in [0.15, 0.2) is 0 Å². The normalized spacial score (nSPS) is 10.3. The van der Waals surface area contributed by atoms with Gasteiger partial charge in [-0.2, -0.15) is 0 Å². The Morgan fingerprint density at radius 1 is 1.27 bits per heavy atom. The molecule has 0 atom stereocenters. The number of halogens is 1. The van der Waals surface area contributed by atoms with Gasteiger partial charge < -0.3 is 10.4 Å². The van der Waals surface area contributed by atoms with Gasteiger partial charge in [0.1, 0.15) is 17.2 Å². The van der Waals surface area contributed by atoms with Crippen molar-refractivity contribution in [2.45, 2.75) is 25.7 Å². The standard InChI is InChI=1S/C10H16ClN3O/c11-9-7-12-8-14-10(9)13-5-3-1-2-4-6-15/h7-8,15H,1-6H2,(H,12,13,14). The van der Waals surface area contributed by atoms with E-state index in [1.807, 2.05) is 0 Å². The Hall–Kier alpha value is -0.870. The van der Waals surface area contributed by atoms with Crippen LogP contribution in [0.5, 0.6) is 0 Å². The van der Waals surface area contributed by atoms with Crippen LogP contribution in [0, 0.1) is 0 Å². The summed E-state index contributed by atoms with van der Waals surface area (Å²) in [5.41, 5.74) is 0. The minimum absolute atomic E-state index is 0.283. The molecule has 1 aromatic heterocycles. The predicted molar refractivity (Wildman–Crippen MR) is 61.1 cm³/mol. The van der Waals surface area contributed by atoms with Crippen LogP contribution < -0.4 is 5.32 Å². The largest absolute Gasteiger partial charge is 0.396 e. The van der Waals surface area contributed by atoms with Crippen molar-refractivity contribution < 1.29 is 5.11 Å². The Bertz CT molecular complexity index is 283. The Labute approximate surface area is 94.7 Å². The molecule has 0 spiro atoms. The Kier molecular flexibility index (Phi) is 6.04. The second-order valence-electron chi connectivity index (χ2n) is 3.28. The zero-order chi connectivity index (χ0) is 10.9. The van der Waals surface area contributed by atoms with Gasteiger partial charge in [0.2, 0.25) is 0 Å². The fraction of sp³-hybridized carbons (Fsp3) is 0.600. The molecule has 84 valence electrons. The van der Waals surface area contributed by atoms with Gasteiger partial charge in [-0.1, -0.05) is 24.4 Å². The molecular formula is C10H16ClN3O. The maximum Gasteiger partial charge on any atom is 0.148 e. The summed E-state index contributed by atoms with van der Waals surface area (Å²) in [6, 6.07) is 0. The van der Waals surface area contributed by atoms with Crippen molar-refractivity contribution in [2.24, 2.45) is 0 Å². The van der Waals surface area contributed by atoms with E-state index in [1.165, 1.54) is 6.33 Å². The molecule has 0 amide bonds. The highest BCUT2D eigenvalue weighted by atomic mass is 35.5. The molecule has 1 aromatic rings. The van der Waals surface area contributed by atoms with E-state index < -0.39 is 0 Å². The number of nitrogens with zero attached hydrogens (tertiary/aromatic N) is 2. The highest BCUT2D eigenvalue weighted by molar-refractivity contribution is 6.32. The molecule has 5 heteroatoms. The number of nitrogens with one attached hydrogen (secondary N) is 1. The van der Waals surface area contributed by atoms with Crippen LogP contribution in [0.25, 0.3) is 0 Å². The highest BCUT2D eigenvalue weighted by Gasteiger charge is 1.98. The molecule has 2 N–H and O–H groups in total. The van der Waals surface area contributed by atoms with Crippen molar-refractivity contribution >= 4 is 17.4 Å². The Morgan fingerprint density at radius 3 is 2.80 bits per heavy atom. The molecule has 0 aromatic carbocycles. The molecule has 0 aliphatic rings. The maximum atomic E-state index is 8.59. The zero-order valence-corrected chi connectivity index (χ0v) is 9.37. The number of rotatable bonds is 7. The zero-order valence-electron chi connectivity index (χ0n) is 8.62. The van der Waals surface area contributed by atoms with Gasteiger partial charge in [-0.3, -0.25) is 0 Å². The molecule has 0 aliphatic heterocycles. The number of hydrogen-bond acceptors (Lipinski definition) is 4. The van der Waals surface area contributed by atoms with Crippen LogP contribution in [0.1, 0.15) is 25.7 Å². The molecule has 1 heterocycles. The van der Waals surface area contributed by atoms with Crippen LogP contribution in [0.2, 0.25) is 5.02 Å². The van der Waals surface area contributed by atoms with Crippen molar-refractivity contribution in [3.63, 3.8) is 0 Å². The maximum absolute atomic E-state index is 8.59. The van der Waals surface area contributed by atoms with Crippen LogP contribution in [-0.2, 0) is 0 Å². The van der Waals surface area contributed by atoms with Crippen molar-refractivity contribution in [1.29, 1.82) is 0 Å². The molecule has 0 radical (unpaired) electrons. The first kappa shape index (κ1) is 12.2. The molecule has 0 saturated heterocycles. The SMILES string of the molecule is OCCCCCCNc1ncncc1Cl. The molecule has 15 heavy (non-hydrogen) atoms. The lowest BCUT2D eigenvalue weighted by Crippen LogP contribution is -2.04. The van der Waals surface area contributed by atoms with E-state index in [2.05, 4.69) is 15.3 Å². The summed E-state index contributed by atoms with van der Waals surface area (Å²) in [7, 11) is 0. The number of unbranched alkanes of at least 4 members (excludes halogenated alkanes) is 3. The quantitative estimate of drug-likeness (QED) is 0.703.